The Morgan fingerprint density at radius 3 is 1.75 bits per heavy atom. The van der Waals surface area contributed by atoms with Crippen molar-refractivity contribution in [2.75, 3.05) is 13.2 Å². The van der Waals surface area contributed by atoms with Gasteiger partial charge in [0, 0.05) is 0 Å². The molecule has 7 rings (SSSR count). The molecule has 3 nitrogen and oxygen atoms in total. The Kier molecular flexibility index (Phi) is 12.8. The fraction of sp³-hybridized carbons (Fsp3) is 0.204. The summed E-state index contributed by atoms with van der Waals surface area (Å²) in [5.41, 5.74) is 3.28. The number of rotatable bonds is 10. The number of hydrogen-bond acceptors (Lipinski definition) is 5. The summed E-state index contributed by atoms with van der Waals surface area (Å²) in [4.78, 5) is 2.11. The zero-order valence-electron chi connectivity index (χ0n) is 32.5. The van der Waals surface area contributed by atoms with Gasteiger partial charge < -0.3 is 0 Å². The van der Waals surface area contributed by atoms with Gasteiger partial charge in [0.2, 0.25) is 0 Å². The fourth-order valence-corrected chi connectivity index (χ4v) is 15.0. The maximum atomic E-state index is 6.64. The molecule has 7 heteroatoms. The van der Waals surface area contributed by atoms with Gasteiger partial charge in [0.1, 0.15) is 0 Å². The number of allylic oxidation sites excluding steroid dienone is 5. The van der Waals surface area contributed by atoms with Gasteiger partial charge in [-0.05, 0) is 13.0 Å². The SMILES string of the molecule is CC=C1COCC1=CC(C#Cc1cc2c(OC(C)C)c3sc(/C=C/C)cc3c(OC(C)C)c2s1)=C([C]#[Os])[P+](c1ccccc1)(c1ccccc1)c1ccccc1. The summed E-state index contributed by atoms with van der Waals surface area (Å²) in [6.07, 6.45) is 8.65. The summed E-state index contributed by atoms with van der Waals surface area (Å²) < 4.78 is 25.2. The average molecular weight is 967 g/mol. The van der Waals surface area contributed by atoms with Gasteiger partial charge in [-0.1, -0.05) is 6.08 Å². The molecular formula is C49H45O3OsPS2+. The van der Waals surface area contributed by atoms with Crippen molar-refractivity contribution in [3.05, 3.63) is 153 Å². The van der Waals surface area contributed by atoms with E-state index in [0.717, 1.165) is 53.0 Å². The van der Waals surface area contributed by atoms with Crippen molar-refractivity contribution >= 4 is 72.1 Å². The molecule has 4 aromatic carbocycles. The molecule has 1 fully saturated rings. The maximum absolute atomic E-state index is 6.64. The molecular weight excluding hydrogens is 922 g/mol. The van der Waals surface area contributed by atoms with Crippen LogP contribution in [0.3, 0.4) is 0 Å². The van der Waals surface area contributed by atoms with Gasteiger partial charge in [-0.3, -0.25) is 0 Å². The molecule has 6 aromatic rings. The third kappa shape index (κ3) is 7.97. The molecule has 0 spiro atoms. The van der Waals surface area contributed by atoms with Crippen LogP contribution in [0.2, 0.25) is 0 Å². The molecule has 1 aliphatic heterocycles. The first kappa shape index (κ1) is 39.9. The molecule has 0 N–H and O–H groups in total. The first-order valence-corrected chi connectivity index (χ1v) is 23.6. The van der Waals surface area contributed by atoms with E-state index in [9.17, 15) is 0 Å². The van der Waals surface area contributed by atoms with E-state index in [-0.39, 0.29) is 12.2 Å². The summed E-state index contributed by atoms with van der Waals surface area (Å²) >= 11 is 5.18. The molecule has 0 unspecified atom stereocenters. The predicted octanol–water partition coefficient (Wildman–Crippen LogP) is 11.7. The first-order chi connectivity index (χ1) is 27.3. The first-order valence-electron chi connectivity index (χ1n) is 18.9. The topological polar surface area (TPSA) is 27.7 Å². The van der Waals surface area contributed by atoms with Crippen molar-refractivity contribution in [3.8, 4) is 27.7 Å². The zero-order chi connectivity index (χ0) is 39.2. The Morgan fingerprint density at radius 1 is 0.732 bits per heavy atom. The standard InChI is InChI=1S/C49H45O3PS2.Os/c1-8-19-42-29-44-46(51-33(3)4)49-45(47(48(44)54-42)52-34(5)6)30-43(55-49)27-26-37(28-38-32-50-31-36(38)9-2)35(7)53(39-20-13-10-14-21-39,40-22-15-11-16-23-40)41-24-17-12-18-25-41;/h8-25,28-30,33-34H,31-32H2,1-6H3;/q+1;/b19-8+,36-9?,37-35?,38-28?;. The summed E-state index contributed by atoms with van der Waals surface area (Å²) in [7, 11) is -2.51. The molecule has 0 bridgehead atoms. The predicted molar refractivity (Wildman–Crippen MR) is 239 cm³/mol. The van der Waals surface area contributed by atoms with Crippen LogP contribution < -0.4 is 25.4 Å². The van der Waals surface area contributed by atoms with E-state index >= 15 is 0 Å². The molecule has 1 aliphatic rings. The van der Waals surface area contributed by atoms with Crippen LogP contribution in [0.15, 0.2) is 143 Å². The fourth-order valence-electron chi connectivity index (χ4n) is 7.14. The molecule has 3 heterocycles. The molecule has 0 aliphatic carbocycles. The quantitative estimate of drug-likeness (QED) is 0.101. The summed E-state index contributed by atoms with van der Waals surface area (Å²) in [5.74, 6) is 9.25. The molecule has 2 aromatic heterocycles. The van der Waals surface area contributed by atoms with E-state index in [1.807, 2.05) is 6.92 Å². The molecule has 0 atom stereocenters. The van der Waals surface area contributed by atoms with Gasteiger partial charge >= 0.3 is 333 Å². The Labute approximate surface area is 349 Å². The van der Waals surface area contributed by atoms with Crippen LogP contribution in [0.5, 0.6) is 11.5 Å². The molecule has 0 saturated carbocycles. The van der Waals surface area contributed by atoms with Crippen LogP contribution in [0, 0.1) is 16.2 Å². The molecule has 1 saturated heterocycles. The van der Waals surface area contributed by atoms with Crippen molar-refractivity contribution in [2.24, 2.45) is 0 Å². The average Bonchev–Trinajstić information content (AvgIpc) is 3.97. The summed E-state index contributed by atoms with van der Waals surface area (Å²) in [6, 6.07) is 37.2. The van der Waals surface area contributed by atoms with Gasteiger partial charge in [0.05, 0.1) is 0 Å². The zero-order valence-corrected chi connectivity index (χ0v) is 37.6. The van der Waals surface area contributed by atoms with E-state index in [4.69, 9.17) is 14.2 Å². The summed E-state index contributed by atoms with van der Waals surface area (Å²) in [6.45, 7) is 13.6. The van der Waals surface area contributed by atoms with E-state index < -0.39 is 7.26 Å². The van der Waals surface area contributed by atoms with Crippen LogP contribution in [-0.2, 0) is 22.7 Å². The normalized spacial score (nSPS) is 15.2. The molecule has 283 valence electrons. The van der Waals surface area contributed by atoms with Gasteiger partial charge in [0.25, 0.3) is 0 Å². The second-order valence-electron chi connectivity index (χ2n) is 14.0. The monoisotopic (exact) mass is 968 g/mol. The molecule has 0 amide bonds. The second-order valence-corrected chi connectivity index (χ2v) is 20.1. The van der Waals surface area contributed by atoms with E-state index in [0.29, 0.717) is 13.2 Å². The third-order valence-corrected chi connectivity index (χ3v) is 17.0. The van der Waals surface area contributed by atoms with Crippen molar-refractivity contribution in [2.45, 2.75) is 53.8 Å². The van der Waals surface area contributed by atoms with Crippen LogP contribution in [0.1, 0.15) is 51.3 Å². The van der Waals surface area contributed by atoms with Crippen molar-refractivity contribution in [1.82, 2.24) is 0 Å². The number of thiophene rings is 2. The van der Waals surface area contributed by atoms with Crippen LogP contribution in [0.4, 0.5) is 0 Å². The number of ether oxygens (including phenoxy) is 3. The van der Waals surface area contributed by atoms with Crippen LogP contribution in [-0.4, -0.2) is 25.4 Å². The number of benzene rings is 4. The van der Waals surface area contributed by atoms with Gasteiger partial charge in [0.15, 0.2) is 0 Å². The van der Waals surface area contributed by atoms with E-state index in [1.54, 1.807) is 40.6 Å². The number of hydrogen-bond donors (Lipinski definition) is 0. The van der Waals surface area contributed by atoms with E-state index in [2.05, 4.69) is 178 Å². The Morgan fingerprint density at radius 2 is 1.25 bits per heavy atom. The molecule has 56 heavy (non-hydrogen) atoms. The minimum absolute atomic E-state index is 0.000598. The number of fused-ring (bicyclic) bond motifs is 2. The van der Waals surface area contributed by atoms with Gasteiger partial charge in [-0.25, -0.2) is 0 Å². The van der Waals surface area contributed by atoms with Crippen molar-refractivity contribution < 1.29 is 32.2 Å². The van der Waals surface area contributed by atoms with Crippen LogP contribution >= 0.6 is 29.9 Å². The molecule has 0 radical (unpaired) electrons. The minimum atomic E-state index is -2.51. The van der Waals surface area contributed by atoms with Crippen molar-refractivity contribution in [1.29, 1.82) is 0 Å². The van der Waals surface area contributed by atoms with Gasteiger partial charge in [-0.15, -0.1) is 0 Å². The summed E-state index contributed by atoms with van der Waals surface area (Å²) in [5, 5.41) is 6.97. The van der Waals surface area contributed by atoms with Crippen LogP contribution in [0.25, 0.3) is 26.2 Å². The van der Waals surface area contributed by atoms with Gasteiger partial charge in [-0.2, -0.15) is 0 Å². The Hall–Kier alpha value is -4.27. The van der Waals surface area contributed by atoms with Crippen molar-refractivity contribution in [3.63, 3.8) is 0 Å². The second kappa shape index (κ2) is 17.9. The van der Waals surface area contributed by atoms with E-state index in [1.165, 1.54) is 26.4 Å². The Bertz CT molecular complexity index is 2430. The Balaban J connectivity index is 1.55. The third-order valence-electron chi connectivity index (χ3n) is 9.44.